The number of nitrogens with zero attached hydrogens (tertiary/aromatic N) is 3. The van der Waals surface area contributed by atoms with Crippen LogP contribution in [-0.4, -0.2) is 25.8 Å². The van der Waals surface area contributed by atoms with Crippen molar-refractivity contribution >= 4 is 5.97 Å². The molecule has 0 atom stereocenters. The molecule has 0 radical (unpaired) electrons. The average molecular weight is 203 g/mol. The third-order valence-corrected chi connectivity index (χ3v) is 2.11. The molecule has 0 fully saturated rings. The molecule has 0 amide bonds. The molecular weight excluding hydrogens is 194 g/mol. The summed E-state index contributed by atoms with van der Waals surface area (Å²) < 4.78 is 1.46. The summed E-state index contributed by atoms with van der Waals surface area (Å²) in [4.78, 5) is 10.8. The Balaban J connectivity index is 2.59. The van der Waals surface area contributed by atoms with E-state index in [4.69, 9.17) is 5.11 Å². The van der Waals surface area contributed by atoms with Gasteiger partial charge in [-0.1, -0.05) is 18.2 Å². The minimum atomic E-state index is -1.09. The first-order valence-corrected chi connectivity index (χ1v) is 4.39. The molecule has 0 saturated heterocycles. The number of carbonyl (C=O) groups is 1. The molecule has 1 N–H and O–H groups in total. The zero-order chi connectivity index (χ0) is 10.8. The standard InChI is InChI=1S/C10H9N3O2/c1-7-4-2-3-5-8(7)13-6-11-12-9(13)10(14)15/h2-6H,1H3,(H,14,15). The van der Waals surface area contributed by atoms with Crippen LogP contribution in [0.2, 0.25) is 0 Å². The van der Waals surface area contributed by atoms with Gasteiger partial charge in [-0.15, -0.1) is 10.2 Å². The van der Waals surface area contributed by atoms with Crippen LogP contribution in [0.1, 0.15) is 16.2 Å². The number of rotatable bonds is 2. The highest BCUT2D eigenvalue weighted by Gasteiger charge is 2.14. The number of aromatic carboxylic acids is 1. The molecule has 5 heteroatoms. The van der Waals surface area contributed by atoms with Gasteiger partial charge in [-0.05, 0) is 18.6 Å². The van der Waals surface area contributed by atoms with Gasteiger partial charge in [0.25, 0.3) is 0 Å². The van der Waals surface area contributed by atoms with Crippen LogP contribution in [0, 0.1) is 6.92 Å². The number of carboxylic acid groups (broad SMARTS) is 1. The largest absolute Gasteiger partial charge is 0.475 e. The molecule has 2 aromatic rings. The third kappa shape index (κ3) is 1.59. The Morgan fingerprint density at radius 3 is 2.80 bits per heavy atom. The highest BCUT2D eigenvalue weighted by Crippen LogP contribution is 2.14. The van der Waals surface area contributed by atoms with Crippen LogP contribution in [0.15, 0.2) is 30.6 Å². The van der Waals surface area contributed by atoms with E-state index in [1.54, 1.807) is 0 Å². The van der Waals surface area contributed by atoms with Gasteiger partial charge in [0.15, 0.2) is 0 Å². The predicted molar refractivity (Wildman–Crippen MR) is 53.1 cm³/mol. The third-order valence-electron chi connectivity index (χ3n) is 2.11. The Morgan fingerprint density at radius 2 is 2.13 bits per heavy atom. The van der Waals surface area contributed by atoms with Crippen LogP contribution in [0.3, 0.4) is 0 Å². The molecule has 5 nitrogen and oxygen atoms in total. The molecule has 2 rings (SSSR count). The lowest BCUT2D eigenvalue weighted by molar-refractivity contribution is 0.0681. The maximum atomic E-state index is 10.8. The maximum Gasteiger partial charge on any atom is 0.374 e. The van der Waals surface area contributed by atoms with Crippen LogP contribution >= 0.6 is 0 Å². The van der Waals surface area contributed by atoms with E-state index in [-0.39, 0.29) is 5.82 Å². The minimum Gasteiger partial charge on any atom is -0.475 e. The van der Waals surface area contributed by atoms with E-state index >= 15 is 0 Å². The fraction of sp³-hybridized carbons (Fsp3) is 0.100. The Kier molecular flexibility index (Phi) is 2.21. The molecule has 0 aliphatic rings. The fourth-order valence-electron chi connectivity index (χ4n) is 1.39. The van der Waals surface area contributed by atoms with Crippen molar-refractivity contribution in [1.82, 2.24) is 14.8 Å². The number of aryl methyl sites for hydroxylation is 1. The Morgan fingerprint density at radius 1 is 1.40 bits per heavy atom. The summed E-state index contributed by atoms with van der Waals surface area (Å²) in [5.74, 6) is -1.17. The van der Waals surface area contributed by atoms with Gasteiger partial charge in [-0.2, -0.15) is 0 Å². The molecular formula is C10H9N3O2. The van der Waals surface area contributed by atoms with Crippen molar-refractivity contribution in [3.05, 3.63) is 42.0 Å². The smallest absolute Gasteiger partial charge is 0.374 e. The summed E-state index contributed by atoms with van der Waals surface area (Å²) in [6, 6.07) is 7.46. The first kappa shape index (κ1) is 9.39. The van der Waals surface area contributed by atoms with E-state index in [1.807, 2.05) is 31.2 Å². The average Bonchev–Trinajstić information content (AvgIpc) is 2.67. The Labute approximate surface area is 86.0 Å². The summed E-state index contributed by atoms with van der Waals surface area (Å²) in [5.41, 5.74) is 1.75. The highest BCUT2D eigenvalue weighted by molar-refractivity contribution is 5.84. The first-order valence-electron chi connectivity index (χ1n) is 4.39. The predicted octanol–water partition coefficient (Wildman–Crippen LogP) is 1.27. The van der Waals surface area contributed by atoms with E-state index in [2.05, 4.69) is 10.2 Å². The zero-order valence-electron chi connectivity index (χ0n) is 8.08. The first-order chi connectivity index (χ1) is 7.20. The van der Waals surface area contributed by atoms with E-state index in [9.17, 15) is 4.79 Å². The lowest BCUT2D eigenvalue weighted by atomic mass is 10.2. The molecule has 15 heavy (non-hydrogen) atoms. The van der Waals surface area contributed by atoms with Gasteiger partial charge in [-0.25, -0.2) is 4.79 Å². The van der Waals surface area contributed by atoms with E-state index in [1.165, 1.54) is 10.9 Å². The van der Waals surface area contributed by atoms with Gasteiger partial charge < -0.3 is 5.11 Å². The van der Waals surface area contributed by atoms with Gasteiger partial charge in [-0.3, -0.25) is 4.57 Å². The van der Waals surface area contributed by atoms with Gasteiger partial charge in [0.2, 0.25) is 5.82 Å². The summed E-state index contributed by atoms with van der Waals surface area (Å²) in [6.07, 6.45) is 1.39. The van der Waals surface area contributed by atoms with Crippen molar-refractivity contribution in [2.45, 2.75) is 6.92 Å². The van der Waals surface area contributed by atoms with Gasteiger partial charge in [0, 0.05) is 0 Å². The van der Waals surface area contributed by atoms with Crippen LogP contribution in [0.5, 0.6) is 0 Å². The number of hydrogen-bond donors (Lipinski definition) is 1. The number of aromatic nitrogens is 3. The second-order valence-corrected chi connectivity index (χ2v) is 3.12. The quantitative estimate of drug-likeness (QED) is 0.798. The van der Waals surface area contributed by atoms with Crippen LogP contribution in [0.25, 0.3) is 5.69 Å². The minimum absolute atomic E-state index is 0.0794. The second-order valence-electron chi connectivity index (χ2n) is 3.12. The highest BCUT2D eigenvalue weighted by atomic mass is 16.4. The summed E-state index contributed by atoms with van der Waals surface area (Å²) in [5, 5.41) is 16.0. The zero-order valence-corrected chi connectivity index (χ0v) is 8.08. The second kappa shape index (κ2) is 3.53. The van der Waals surface area contributed by atoms with E-state index < -0.39 is 5.97 Å². The molecule has 1 aromatic heterocycles. The normalized spacial score (nSPS) is 10.2. The maximum absolute atomic E-state index is 10.8. The van der Waals surface area contributed by atoms with Gasteiger partial charge in [0.1, 0.15) is 6.33 Å². The summed E-state index contributed by atoms with van der Waals surface area (Å²) >= 11 is 0. The van der Waals surface area contributed by atoms with Crippen LogP contribution < -0.4 is 0 Å². The topological polar surface area (TPSA) is 68.0 Å². The molecule has 0 aliphatic carbocycles. The van der Waals surface area contributed by atoms with Gasteiger partial charge in [0.05, 0.1) is 5.69 Å². The Hall–Kier alpha value is -2.17. The van der Waals surface area contributed by atoms with Crippen LogP contribution in [0.4, 0.5) is 0 Å². The Bertz CT molecular complexity index is 505. The molecule has 0 spiro atoms. The lowest BCUT2D eigenvalue weighted by Crippen LogP contribution is -2.08. The lowest BCUT2D eigenvalue weighted by Gasteiger charge is -2.06. The summed E-state index contributed by atoms with van der Waals surface area (Å²) in [6.45, 7) is 1.90. The van der Waals surface area contributed by atoms with Crippen molar-refractivity contribution in [3.8, 4) is 5.69 Å². The molecule has 0 unspecified atom stereocenters. The molecule has 0 bridgehead atoms. The van der Waals surface area contributed by atoms with Crippen molar-refractivity contribution in [2.24, 2.45) is 0 Å². The van der Waals surface area contributed by atoms with Crippen molar-refractivity contribution in [2.75, 3.05) is 0 Å². The monoisotopic (exact) mass is 203 g/mol. The fourth-order valence-corrected chi connectivity index (χ4v) is 1.39. The number of hydrogen-bond acceptors (Lipinski definition) is 3. The molecule has 1 aromatic carbocycles. The number of para-hydroxylation sites is 1. The SMILES string of the molecule is Cc1ccccc1-n1cnnc1C(=O)O. The van der Waals surface area contributed by atoms with E-state index in [0.29, 0.717) is 0 Å². The van der Waals surface area contributed by atoms with E-state index in [0.717, 1.165) is 11.3 Å². The van der Waals surface area contributed by atoms with Crippen LogP contribution in [-0.2, 0) is 0 Å². The molecule has 1 heterocycles. The number of benzene rings is 1. The van der Waals surface area contributed by atoms with Gasteiger partial charge >= 0.3 is 5.97 Å². The van der Waals surface area contributed by atoms with Crippen molar-refractivity contribution in [3.63, 3.8) is 0 Å². The van der Waals surface area contributed by atoms with Crippen molar-refractivity contribution in [1.29, 1.82) is 0 Å². The molecule has 76 valence electrons. The number of carboxylic acids is 1. The molecule has 0 aliphatic heterocycles. The summed E-state index contributed by atoms with van der Waals surface area (Å²) in [7, 11) is 0. The van der Waals surface area contributed by atoms with Crippen molar-refractivity contribution < 1.29 is 9.90 Å². The molecule has 0 saturated carbocycles.